The molecule has 0 aromatic rings. The third-order valence-corrected chi connectivity index (χ3v) is 6.04. The second-order valence-electron chi connectivity index (χ2n) is 7.73. The molecule has 2 aliphatic rings. The summed E-state index contributed by atoms with van der Waals surface area (Å²) < 4.78 is 0. The molecule has 3 unspecified atom stereocenters. The van der Waals surface area contributed by atoms with Crippen molar-refractivity contribution < 1.29 is 0 Å². The summed E-state index contributed by atoms with van der Waals surface area (Å²) in [5.41, 5.74) is 7.57. The molecule has 0 aromatic carbocycles. The van der Waals surface area contributed by atoms with Crippen LogP contribution in [0.25, 0.3) is 0 Å². The van der Waals surface area contributed by atoms with Gasteiger partial charge in [-0.15, -0.1) is 0 Å². The molecule has 0 radical (unpaired) electrons. The molecule has 0 heterocycles. The van der Waals surface area contributed by atoms with Crippen LogP contribution >= 0.6 is 0 Å². The molecule has 106 valence electrons. The molecule has 4 N–H and O–H groups in total. The second-order valence-corrected chi connectivity index (χ2v) is 7.73. The van der Waals surface area contributed by atoms with Crippen molar-refractivity contribution in [3.05, 3.63) is 11.6 Å². The monoisotopic (exact) mass is 261 g/mol. The fraction of sp³-hybridized carbons (Fsp3) is 0.750. The first kappa shape index (κ1) is 14.4. The molecule has 0 spiro atoms. The van der Waals surface area contributed by atoms with E-state index < -0.39 is 5.54 Å². The molecule has 3 atom stereocenters. The van der Waals surface area contributed by atoms with Crippen LogP contribution in [0.1, 0.15) is 48.0 Å². The first-order valence-corrected chi connectivity index (χ1v) is 7.12. The number of hydrogen-bond donors (Lipinski definition) is 3. The predicted molar refractivity (Wildman–Crippen MR) is 81.0 cm³/mol. The molecule has 1 fully saturated rings. The van der Waals surface area contributed by atoms with Crippen LogP contribution in [0.15, 0.2) is 11.6 Å². The minimum Gasteiger partial charge on any atom is -0.320 e. The van der Waals surface area contributed by atoms with Crippen LogP contribution in [0.3, 0.4) is 0 Å². The summed E-state index contributed by atoms with van der Waals surface area (Å²) in [5.74, 6) is 0.429. The van der Waals surface area contributed by atoms with Crippen LogP contribution in [0.2, 0.25) is 0 Å². The Morgan fingerprint density at radius 2 is 1.68 bits per heavy atom. The summed E-state index contributed by atoms with van der Waals surface area (Å²) in [5, 5.41) is 16.7. The van der Waals surface area contributed by atoms with Gasteiger partial charge in [0.25, 0.3) is 0 Å². The van der Waals surface area contributed by atoms with E-state index >= 15 is 0 Å². The van der Waals surface area contributed by atoms with E-state index in [9.17, 15) is 0 Å². The average molecular weight is 261 g/mol. The Hall–Kier alpha value is -0.960. The Morgan fingerprint density at radius 1 is 1.16 bits per heavy atom. The SMILES string of the molecule is CC1C2C(=N)C(=N)C(C)(N)C(C)(C)C2=CCC1(C)C. The third-order valence-electron chi connectivity index (χ3n) is 6.04. The summed E-state index contributed by atoms with van der Waals surface area (Å²) in [6, 6.07) is 0. The summed E-state index contributed by atoms with van der Waals surface area (Å²) in [7, 11) is 0. The van der Waals surface area contributed by atoms with Crippen molar-refractivity contribution in [1.29, 1.82) is 10.8 Å². The van der Waals surface area contributed by atoms with Crippen molar-refractivity contribution in [3.8, 4) is 0 Å². The van der Waals surface area contributed by atoms with Gasteiger partial charge < -0.3 is 16.6 Å². The van der Waals surface area contributed by atoms with E-state index in [0.29, 0.717) is 17.3 Å². The first-order valence-electron chi connectivity index (χ1n) is 7.12. The summed E-state index contributed by atoms with van der Waals surface area (Å²) in [6.45, 7) is 12.9. The molecule has 0 aliphatic heterocycles. The van der Waals surface area contributed by atoms with Crippen LogP contribution in [-0.2, 0) is 0 Å². The lowest BCUT2D eigenvalue weighted by atomic mass is 9.50. The van der Waals surface area contributed by atoms with Gasteiger partial charge in [0.15, 0.2) is 0 Å². The number of rotatable bonds is 0. The zero-order valence-corrected chi connectivity index (χ0v) is 13.0. The smallest absolute Gasteiger partial charge is 0.0732 e. The van der Waals surface area contributed by atoms with Crippen molar-refractivity contribution in [2.45, 2.75) is 53.5 Å². The van der Waals surface area contributed by atoms with Crippen molar-refractivity contribution in [3.63, 3.8) is 0 Å². The number of hydrogen-bond acceptors (Lipinski definition) is 3. The van der Waals surface area contributed by atoms with E-state index in [-0.39, 0.29) is 16.7 Å². The third kappa shape index (κ3) is 1.67. The molecule has 2 rings (SSSR count). The first-order chi connectivity index (χ1) is 8.44. The van der Waals surface area contributed by atoms with Crippen molar-refractivity contribution in [1.82, 2.24) is 0 Å². The highest BCUT2D eigenvalue weighted by Crippen LogP contribution is 2.54. The fourth-order valence-electron chi connectivity index (χ4n) is 3.50. The molecule has 3 nitrogen and oxygen atoms in total. The molecule has 0 bridgehead atoms. The minimum absolute atomic E-state index is 0.0582. The normalized spacial score (nSPS) is 40.7. The highest BCUT2D eigenvalue weighted by Gasteiger charge is 2.56. The highest BCUT2D eigenvalue weighted by molar-refractivity contribution is 6.45. The maximum Gasteiger partial charge on any atom is 0.0732 e. The Morgan fingerprint density at radius 3 is 2.21 bits per heavy atom. The Kier molecular flexibility index (Phi) is 2.88. The van der Waals surface area contributed by atoms with Crippen LogP contribution in [-0.4, -0.2) is 17.0 Å². The van der Waals surface area contributed by atoms with Gasteiger partial charge in [0.2, 0.25) is 0 Å². The van der Waals surface area contributed by atoms with Crippen molar-refractivity contribution in [2.24, 2.45) is 28.4 Å². The highest BCUT2D eigenvalue weighted by atomic mass is 14.9. The van der Waals surface area contributed by atoms with Gasteiger partial charge >= 0.3 is 0 Å². The minimum atomic E-state index is -0.756. The Bertz CT molecular complexity index is 480. The standard InChI is InChI=1S/C16H27N3/c1-9-11-10(7-8-14(9,2)3)15(4,5)16(6,19)13(18)12(11)17/h7,9,11,17-18H,8,19H2,1-6H3. The Balaban J connectivity index is 2.63. The zero-order chi connectivity index (χ0) is 14.8. The van der Waals surface area contributed by atoms with E-state index in [1.807, 2.05) is 6.92 Å². The van der Waals surface area contributed by atoms with E-state index in [2.05, 4.69) is 40.7 Å². The Labute approximate surface area is 116 Å². The molecular formula is C16H27N3. The van der Waals surface area contributed by atoms with Gasteiger partial charge in [-0.2, -0.15) is 0 Å². The molecule has 3 heteroatoms. The van der Waals surface area contributed by atoms with Gasteiger partial charge in [-0.25, -0.2) is 0 Å². The molecular weight excluding hydrogens is 234 g/mol. The topological polar surface area (TPSA) is 73.7 Å². The summed E-state index contributed by atoms with van der Waals surface area (Å²) in [6.07, 6.45) is 3.32. The number of nitrogens with one attached hydrogen (secondary N) is 2. The predicted octanol–water partition coefficient (Wildman–Crippen LogP) is 3.39. The van der Waals surface area contributed by atoms with Crippen LogP contribution in [0.4, 0.5) is 0 Å². The average Bonchev–Trinajstić information content (AvgIpc) is 2.28. The van der Waals surface area contributed by atoms with Crippen molar-refractivity contribution >= 4 is 11.4 Å². The van der Waals surface area contributed by atoms with Gasteiger partial charge in [0.05, 0.1) is 17.0 Å². The fourth-order valence-corrected chi connectivity index (χ4v) is 3.50. The van der Waals surface area contributed by atoms with Gasteiger partial charge in [-0.1, -0.05) is 46.3 Å². The zero-order valence-electron chi connectivity index (χ0n) is 13.0. The van der Waals surface area contributed by atoms with Crippen LogP contribution < -0.4 is 5.73 Å². The summed E-state index contributed by atoms with van der Waals surface area (Å²) in [4.78, 5) is 0. The molecule has 19 heavy (non-hydrogen) atoms. The number of allylic oxidation sites excluding steroid dienone is 1. The lowest BCUT2D eigenvalue weighted by molar-refractivity contribution is 0.155. The molecule has 0 aromatic heterocycles. The molecule has 1 saturated carbocycles. The lowest BCUT2D eigenvalue weighted by Gasteiger charge is -2.56. The van der Waals surface area contributed by atoms with E-state index in [1.54, 1.807) is 0 Å². The van der Waals surface area contributed by atoms with Gasteiger partial charge in [-0.3, -0.25) is 0 Å². The van der Waals surface area contributed by atoms with Crippen LogP contribution in [0.5, 0.6) is 0 Å². The number of fused-ring (bicyclic) bond motifs is 1. The molecule has 0 amide bonds. The van der Waals surface area contributed by atoms with E-state index in [0.717, 1.165) is 6.42 Å². The van der Waals surface area contributed by atoms with Gasteiger partial charge in [0, 0.05) is 11.3 Å². The van der Waals surface area contributed by atoms with E-state index in [1.165, 1.54) is 5.57 Å². The van der Waals surface area contributed by atoms with Crippen LogP contribution in [0, 0.1) is 33.5 Å². The van der Waals surface area contributed by atoms with Crippen molar-refractivity contribution in [2.75, 3.05) is 0 Å². The van der Waals surface area contributed by atoms with Gasteiger partial charge in [0.1, 0.15) is 0 Å². The largest absolute Gasteiger partial charge is 0.320 e. The molecule has 2 aliphatic carbocycles. The lowest BCUT2D eigenvalue weighted by Crippen LogP contribution is -2.66. The number of nitrogens with two attached hydrogens (primary N) is 1. The maximum absolute atomic E-state index is 8.41. The second kappa shape index (κ2) is 3.78. The maximum atomic E-state index is 8.41. The quantitative estimate of drug-likeness (QED) is 0.574. The molecule has 0 saturated heterocycles. The van der Waals surface area contributed by atoms with Gasteiger partial charge in [-0.05, 0) is 24.7 Å². The van der Waals surface area contributed by atoms with E-state index in [4.69, 9.17) is 16.6 Å². The summed E-state index contributed by atoms with van der Waals surface area (Å²) >= 11 is 0.